The maximum atomic E-state index is 11.0. The van der Waals surface area contributed by atoms with Gasteiger partial charge in [-0.05, 0) is 20.8 Å². The summed E-state index contributed by atoms with van der Waals surface area (Å²) in [4.78, 5) is 11.4. The van der Waals surface area contributed by atoms with E-state index in [4.69, 9.17) is 9.47 Å². The number of hydrogen-bond donors (Lipinski definition) is 1. The summed E-state index contributed by atoms with van der Waals surface area (Å²) < 4.78 is 10.3. The molecule has 0 atom stereocenters. The van der Waals surface area contributed by atoms with Crippen LogP contribution in [0.1, 0.15) is 38.1 Å². The third-order valence-corrected chi connectivity index (χ3v) is 6.54. The summed E-state index contributed by atoms with van der Waals surface area (Å²) >= 11 is 3.07. The van der Waals surface area contributed by atoms with Crippen molar-refractivity contribution in [2.24, 2.45) is 0 Å². The van der Waals surface area contributed by atoms with E-state index in [9.17, 15) is 5.11 Å². The molecule has 0 aliphatic carbocycles. The zero-order valence-electron chi connectivity index (χ0n) is 14.3. The van der Waals surface area contributed by atoms with Crippen LogP contribution in [0.5, 0.6) is 0 Å². The van der Waals surface area contributed by atoms with Crippen LogP contribution >= 0.6 is 22.7 Å². The molecule has 0 amide bonds. The lowest BCUT2D eigenvalue weighted by Crippen LogP contribution is -2.22. The SMILES string of the molecule is COCCc1sc(C(C)(O)c2nc(C)c(CCOC)s2)nc1C. The summed E-state index contributed by atoms with van der Waals surface area (Å²) in [6, 6.07) is 0. The van der Waals surface area contributed by atoms with Gasteiger partial charge in [-0.2, -0.15) is 0 Å². The van der Waals surface area contributed by atoms with E-state index in [-0.39, 0.29) is 0 Å². The Kier molecular flexibility index (Phi) is 6.27. The molecule has 2 heterocycles. The van der Waals surface area contributed by atoms with Crippen LogP contribution in [-0.4, -0.2) is 42.5 Å². The number of hydrogen-bond acceptors (Lipinski definition) is 7. The molecule has 0 aliphatic heterocycles. The second kappa shape index (κ2) is 7.81. The van der Waals surface area contributed by atoms with Crippen molar-refractivity contribution < 1.29 is 14.6 Å². The summed E-state index contributed by atoms with van der Waals surface area (Å²) in [5.74, 6) is 0. The van der Waals surface area contributed by atoms with Crippen molar-refractivity contribution >= 4 is 22.7 Å². The normalized spacial score (nSPS) is 12.1. The molecule has 2 aromatic rings. The number of aliphatic hydroxyl groups is 1. The highest BCUT2D eigenvalue weighted by molar-refractivity contribution is 7.13. The average Bonchev–Trinajstić information content (AvgIpc) is 3.07. The van der Waals surface area contributed by atoms with Crippen LogP contribution in [0, 0.1) is 13.8 Å². The summed E-state index contributed by atoms with van der Waals surface area (Å²) in [7, 11) is 3.38. The van der Waals surface area contributed by atoms with E-state index >= 15 is 0 Å². The molecule has 7 heteroatoms. The van der Waals surface area contributed by atoms with Crippen molar-refractivity contribution in [3.63, 3.8) is 0 Å². The zero-order chi connectivity index (χ0) is 17.0. The van der Waals surface area contributed by atoms with Crippen LogP contribution < -0.4 is 0 Å². The van der Waals surface area contributed by atoms with Crippen molar-refractivity contribution in [1.82, 2.24) is 9.97 Å². The van der Waals surface area contributed by atoms with Gasteiger partial charge in [0, 0.05) is 36.8 Å². The number of ether oxygens (including phenoxy) is 2. The van der Waals surface area contributed by atoms with Gasteiger partial charge >= 0.3 is 0 Å². The topological polar surface area (TPSA) is 64.5 Å². The summed E-state index contributed by atoms with van der Waals surface area (Å²) in [5.41, 5.74) is 0.743. The smallest absolute Gasteiger partial charge is 0.164 e. The highest BCUT2D eigenvalue weighted by Gasteiger charge is 2.34. The molecule has 0 radical (unpaired) electrons. The van der Waals surface area contributed by atoms with E-state index in [1.54, 1.807) is 21.1 Å². The molecule has 0 bridgehead atoms. The quantitative estimate of drug-likeness (QED) is 0.788. The predicted molar refractivity (Wildman–Crippen MR) is 93.5 cm³/mol. The first-order valence-electron chi connectivity index (χ1n) is 7.54. The van der Waals surface area contributed by atoms with Crippen molar-refractivity contribution in [2.75, 3.05) is 27.4 Å². The second-order valence-corrected chi connectivity index (χ2v) is 7.78. The Morgan fingerprint density at radius 3 is 1.65 bits per heavy atom. The molecular formula is C16H24N2O3S2. The van der Waals surface area contributed by atoms with Crippen LogP contribution in [0.4, 0.5) is 0 Å². The van der Waals surface area contributed by atoms with Crippen molar-refractivity contribution in [1.29, 1.82) is 0 Å². The zero-order valence-corrected chi connectivity index (χ0v) is 15.9. The molecule has 0 spiro atoms. The fourth-order valence-corrected chi connectivity index (χ4v) is 4.46. The lowest BCUT2D eigenvalue weighted by molar-refractivity contribution is 0.101. The molecule has 0 aromatic carbocycles. The molecule has 0 saturated heterocycles. The van der Waals surface area contributed by atoms with Crippen molar-refractivity contribution in [3.05, 3.63) is 31.2 Å². The molecule has 2 rings (SSSR count). The summed E-state index contributed by atoms with van der Waals surface area (Å²) in [6.07, 6.45) is 1.62. The third-order valence-electron chi connectivity index (χ3n) is 3.68. The van der Waals surface area contributed by atoms with Gasteiger partial charge in [-0.1, -0.05) is 0 Å². The van der Waals surface area contributed by atoms with Crippen LogP contribution in [-0.2, 0) is 27.9 Å². The Hall–Kier alpha value is -0.860. The predicted octanol–water partition coefficient (Wildman–Crippen LogP) is 2.85. The highest BCUT2D eigenvalue weighted by atomic mass is 32.1. The molecule has 0 fully saturated rings. The Labute approximate surface area is 145 Å². The van der Waals surface area contributed by atoms with Crippen LogP contribution in [0.15, 0.2) is 0 Å². The number of methoxy groups -OCH3 is 2. The first-order valence-corrected chi connectivity index (χ1v) is 9.17. The van der Waals surface area contributed by atoms with Crippen molar-refractivity contribution in [2.45, 2.75) is 39.2 Å². The van der Waals surface area contributed by atoms with E-state index in [0.717, 1.165) is 34.0 Å². The summed E-state index contributed by atoms with van der Waals surface area (Å²) in [6.45, 7) is 7.02. The summed E-state index contributed by atoms with van der Waals surface area (Å²) in [5, 5.41) is 12.4. The van der Waals surface area contributed by atoms with Crippen LogP contribution in [0.2, 0.25) is 0 Å². The number of nitrogens with zero attached hydrogens (tertiary/aromatic N) is 2. The molecule has 1 N–H and O–H groups in total. The van der Waals surface area contributed by atoms with E-state index in [1.165, 1.54) is 22.7 Å². The number of thiazole rings is 2. The Morgan fingerprint density at radius 2 is 1.30 bits per heavy atom. The Bertz CT molecular complexity index is 596. The maximum absolute atomic E-state index is 11.0. The molecule has 5 nitrogen and oxygen atoms in total. The lowest BCUT2D eigenvalue weighted by atomic mass is 10.1. The largest absolute Gasteiger partial charge is 0.384 e. The Morgan fingerprint density at radius 1 is 0.913 bits per heavy atom. The second-order valence-electron chi connectivity index (χ2n) is 5.61. The van der Waals surface area contributed by atoms with Gasteiger partial charge in [0.05, 0.1) is 24.6 Å². The van der Waals surface area contributed by atoms with Crippen LogP contribution in [0.25, 0.3) is 0 Å². The number of rotatable bonds is 8. The van der Waals surface area contributed by atoms with E-state index in [0.29, 0.717) is 23.2 Å². The van der Waals surface area contributed by atoms with Gasteiger partial charge in [0.15, 0.2) is 5.60 Å². The molecule has 23 heavy (non-hydrogen) atoms. The highest BCUT2D eigenvalue weighted by Crippen LogP contribution is 2.37. The van der Waals surface area contributed by atoms with Gasteiger partial charge in [0.2, 0.25) is 0 Å². The fourth-order valence-electron chi connectivity index (χ4n) is 2.22. The molecular weight excluding hydrogens is 332 g/mol. The van der Waals surface area contributed by atoms with E-state index < -0.39 is 5.60 Å². The van der Waals surface area contributed by atoms with Gasteiger partial charge in [-0.15, -0.1) is 22.7 Å². The van der Waals surface area contributed by atoms with Gasteiger partial charge < -0.3 is 14.6 Å². The van der Waals surface area contributed by atoms with E-state index in [2.05, 4.69) is 9.97 Å². The molecule has 0 unspecified atom stereocenters. The first-order chi connectivity index (χ1) is 10.9. The molecule has 128 valence electrons. The fraction of sp³-hybridized carbons (Fsp3) is 0.625. The monoisotopic (exact) mass is 356 g/mol. The molecule has 0 saturated carbocycles. The lowest BCUT2D eigenvalue weighted by Gasteiger charge is -2.17. The third kappa shape index (κ3) is 4.16. The van der Waals surface area contributed by atoms with Gasteiger partial charge in [0.1, 0.15) is 10.0 Å². The molecule has 0 aliphatic rings. The minimum Gasteiger partial charge on any atom is -0.384 e. The number of aryl methyl sites for hydroxylation is 2. The Balaban J connectivity index is 2.27. The van der Waals surface area contributed by atoms with Gasteiger partial charge in [-0.25, -0.2) is 9.97 Å². The van der Waals surface area contributed by atoms with Crippen molar-refractivity contribution in [3.8, 4) is 0 Å². The van der Waals surface area contributed by atoms with Gasteiger partial charge in [0.25, 0.3) is 0 Å². The number of aromatic nitrogens is 2. The average molecular weight is 357 g/mol. The van der Waals surface area contributed by atoms with Crippen LogP contribution in [0.3, 0.4) is 0 Å². The van der Waals surface area contributed by atoms with E-state index in [1.807, 2.05) is 13.8 Å². The first kappa shape index (κ1) is 18.5. The molecule has 2 aromatic heterocycles. The standard InChI is InChI=1S/C16H24N2O3S2/c1-10-12(6-8-20-4)22-14(17-10)16(3,19)15-18-11(2)13(23-15)7-9-21-5/h19H,6-9H2,1-5H3. The van der Waals surface area contributed by atoms with Gasteiger partial charge in [-0.3, -0.25) is 0 Å². The minimum absolute atomic E-state index is 0.655. The minimum atomic E-state index is -1.17. The maximum Gasteiger partial charge on any atom is 0.164 e.